The van der Waals surface area contributed by atoms with Crippen LogP contribution in [0.2, 0.25) is 0 Å². The molecule has 2 atom stereocenters. The molecule has 98 valence electrons. The van der Waals surface area contributed by atoms with Gasteiger partial charge in [0.05, 0.1) is 6.04 Å². The summed E-state index contributed by atoms with van der Waals surface area (Å²) in [6.45, 7) is 8.45. The van der Waals surface area contributed by atoms with Crippen LogP contribution in [0.1, 0.15) is 44.7 Å². The topological polar surface area (TPSA) is 50.9 Å². The number of nitrogens with zero attached hydrogens (tertiary/aromatic N) is 1. The molecule has 0 aromatic carbocycles. The second-order valence-electron chi connectivity index (χ2n) is 4.97. The van der Waals surface area contributed by atoms with Crippen molar-refractivity contribution in [3.63, 3.8) is 0 Å². The molecule has 1 aromatic rings. The Balaban J connectivity index is 2.41. The van der Waals surface area contributed by atoms with Gasteiger partial charge in [0.1, 0.15) is 5.01 Å². The first-order chi connectivity index (χ1) is 8.17. The molecule has 17 heavy (non-hydrogen) atoms. The van der Waals surface area contributed by atoms with Gasteiger partial charge in [-0.05, 0) is 37.8 Å². The summed E-state index contributed by atoms with van der Waals surface area (Å²) in [5.41, 5.74) is 5.81. The monoisotopic (exact) mass is 255 g/mol. The van der Waals surface area contributed by atoms with Crippen molar-refractivity contribution in [3.05, 3.63) is 16.6 Å². The molecule has 0 amide bonds. The summed E-state index contributed by atoms with van der Waals surface area (Å²) >= 11 is 1.72. The van der Waals surface area contributed by atoms with E-state index in [9.17, 15) is 0 Å². The van der Waals surface area contributed by atoms with Crippen LogP contribution in [0.5, 0.6) is 0 Å². The van der Waals surface area contributed by atoms with Crippen LogP contribution in [0.3, 0.4) is 0 Å². The summed E-state index contributed by atoms with van der Waals surface area (Å²) in [7, 11) is 0. The van der Waals surface area contributed by atoms with E-state index >= 15 is 0 Å². The van der Waals surface area contributed by atoms with E-state index in [0.717, 1.165) is 19.5 Å². The number of nitrogens with one attached hydrogen (secondary N) is 1. The molecule has 1 rings (SSSR count). The molecule has 0 saturated carbocycles. The first-order valence-corrected chi connectivity index (χ1v) is 7.38. The lowest BCUT2D eigenvalue weighted by molar-refractivity contribution is 0.369. The molecule has 0 spiro atoms. The third-order valence-corrected chi connectivity index (χ3v) is 3.84. The average molecular weight is 255 g/mol. The van der Waals surface area contributed by atoms with Crippen LogP contribution in [-0.2, 0) is 0 Å². The largest absolute Gasteiger partial charge is 0.330 e. The van der Waals surface area contributed by atoms with Crippen molar-refractivity contribution in [3.8, 4) is 0 Å². The van der Waals surface area contributed by atoms with E-state index in [0.29, 0.717) is 17.9 Å². The average Bonchev–Trinajstić information content (AvgIpc) is 2.81. The van der Waals surface area contributed by atoms with Crippen LogP contribution >= 0.6 is 11.3 Å². The third kappa shape index (κ3) is 5.15. The Morgan fingerprint density at radius 3 is 2.71 bits per heavy atom. The molecule has 0 radical (unpaired) electrons. The predicted molar refractivity (Wildman–Crippen MR) is 75.1 cm³/mol. The lowest BCUT2D eigenvalue weighted by Gasteiger charge is -2.21. The van der Waals surface area contributed by atoms with Crippen molar-refractivity contribution >= 4 is 11.3 Å². The van der Waals surface area contributed by atoms with E-state index in [1.807, 2.05) is 11.6 Å². The number of aromatic nitrogens is 1. The molecule has 1 heterocycles. The Morgan fingerprint density at radius 2 is 2.24 bits per heavy atom. The summed E-state index contributed by atoms with van der Waals surface area (Å²) in [5.74, 6) is 1.29. The predicted octanol–water partition coefficient (Wildman–Crippen LogP) is 2.80. The fourth-order valence-electron chi connectivity index (χ4n) is 2.05. The van der Waals surface area contributed by atoms with Crippen molar-refractivity contribution in [2.24, 2.45) is 17.6 Å². The minimum absolute atomic E-state index is 0.385. The summed E-state index contributed by atoms with van der Waals surface area (Å²) in [6, 6.07) is 0.385. The van der Waals surface area contributed by atoms with Crippen LogP contribution in [0, 0.1) is 11.8 Å². The van der Waals surface area contributed by atoms with E-state index in [1.54, 1.807) is 11.3 Å². The molecule has 0 aliphatic carbocycles. The van der Waals surface area contributed by atoms with Gasteiger partial charge in [0.15, 0.2) is 0 Å². The lowest BCUT2D eigenvalue weighted by Crippen LogP contribution is -2.31. The lowest BCUT2D eigenvalue weighted by atomic mass is 9.97. The molecule has 0 aliphatic heterocycles. The van der Waals surface area contributed by atoms with E-state index in [-0.39, 0.29) is 0 Å². The van der Waals surface area contributed by atoms with Gasteiger partial charge >= 0.3 is 0 Å². The van der Waals surface area contributed by atoms with Gasteiger partial charge in [0, 0.05) is 11.6 Å². The highest BCUT2D eigenvalue weighted by molar-refractivity contribution is 7.09. The van der Waals surface area contributed by atoms with Crippen molar-refractivity contribution < 1.29 is 0 Å². The molecule has 2 unspecified atom stereocenters. The Bertz CT molecular complexity index is 285. The summed E-state index contributed by atoms with van der Waals surface area (Å²) < 4.78 is 0. The third-order valence-electron chi connectivity index (χ3n) is 2.95. The van der Waals surface area contributed by atoms with Gasteiger partial charge in [-0.25, -0.2) is 4.98 Å². The van der Waals surface area contributed by atoms with E-state index < -0.39 is 0 Å². The summed E-state index contributed by atoms with van der Waals surface area (Å²) in [6.07, 6.45) is 4.14. The second kappa shape index (κ2) is 7.80. The first kappa shape index (κ1) is 14.6. The van der Waals surface area contributed by atoms with Crippen LogP contribution in [0.15, 0.2) is 11.6 Å². The Labute approximate surface area is 109 Å². The first-order valence-electron chi connectivity index (χ1n) is 6.50. The number of hydrogen-bond donors (Lipinski definition) is 2. The highest BCUT2D eigenvalue weighted by Crippen LogP contribution is 2.19. The molecule has 0 saturated heterocycles. The van der Waals surface area contributed by atoms with Gasteiger partial charge in [0.2, 0.25) is 0 Å². The van der Waals surface area contributed by atoms with Gasteiger partial charge in [-0.3, -0.25) is 0 Å². The molecular weight excluding hydrogens is 230 g/mol. The fourth-order valence-corrected chi connectivity index (χ4v) is 2.85. The quantitative estimate of drug-likeness (QED) is 0.751. The number of rotatable bonds is 8. The van der Waals surface area contributed by atoms with Gasteiger partial charge in [-0.1, -0.05) is 20.8 Å². The van der Waals surface area contributed by atoms with Crippen molar-refractivity contribution in [2.45, 2.75) is 39.7 Å². The second-order valence-corrected chi connectivity index (χ2v) is 5.90. The van der Waals surface area contributed by atoms with Crippen LogP contribution in [0.4, 0.5) is 0 Å². The maximum atomic E-state index is 5.81. The number of thiazole rings is 1. The van der Waals surface area contributed by atoms with Gasteiger partial charge in [-0.15, -0.1) is 11.3 Å². The van der Waals surface area contributed by atoms with Crippen LogP contribution < -0.4 is 11.1 Å². The summed E-state index contributed by atoms with van der Waals surface area (Å²) in [5, 5.41) is 6.82. The van der Waals surface area contributed by atoms with Crippen molar-refractivity contribution in [1.29, 1.82) is 0 Å². The van der Waals surface area contributed by atoms with Crippen molar-refractivity contribution in [1.82, 2.24) is 10.3 Å². The maximum Gasteiger partial charge on any atom is 0.109 e. The Kier molecular flexibility index (Phi) is 6.70. The van der Waals surface area contributed by atoms with Crippen LogP contribution in [-0.4, -0.2) is 18.1 Å². The minimum atomic E-state index is 0.385. The van der Waals surface area contributed by atoms with Gasteiger partial charge in [-0.2, -0.15) is 0 Å². The highest BCUT2D eigenvalue weighted by atomic mass is 32.1. The molecule has 3 N–H and O–H groups in total. The van der Waals surface area contributed by atoms with Gasteiger partial charge < -0.3 is 11.1 Å². The zero-order valence-corrected chi connectivity index (χ0v) is 12.0. The van der Waals surface area contributed by atoms with E-state index in [1.165, 1.54) is 11.4 Å². The molecule has 3 nitrogen and oxygen atoms in total. The fraction of sp³-hybridized carbons (Fsp3) is 0.769. The molecular formula is C13H25N3S. The highest BCUT2D eigenvalue weighted by Gasteiger charge is 2.14. The smallest absolute Gasteiger partial charge is 0.109 e. The molecule has 0 fully saturated rings. The van der Waals surface area contributed by atoms with Gasteiger partial charge in [0.25, 0.3) is 0 Å². The Hall–Kier alpha value is -0.450. The van der Waals surface area contributed by atoms with Crippen LogP contribution in [0.25, 0.3) is 0 Å². The minimum Gasteiger partial charge on any atom is -0.330 e. The maximum absolute atomic E-state index is 5.81. The SMILES string of the molecule is CCC(NCC(CN)CC(C)C)c1nccs1. The molecule has 1 aromatic heterocycles. The zero-order chi connectivity index (χ0) is 12.7. The van der Waals surface area contributed by atoms with E-state index in [4.69, 9.17) is 5.73 Å². The Morgan fingerprint density at radius 1 is 1.47 bits per heavy atom. The summed E-state index contributed by atoms with van der Waals surface area (Å²) in [4.78, 5) is 4.38. The van der Waals surface area contributed by atoms with Crippen molar-refractivity contribution in [2.75, 3.05) is 13.1 Å². The zero-order valence-electron chi connectivity index (χ0n) is 11.1. The normalized spacial score (nSPS) is 15.1. The standard InChI is InChI=1S/C13H25N3S/c1-4-12(13-15-5-6-17-13)16-9-11(8-14)7-10(2)3/h5-6,10-12,16H,4,7-9,14H2,1-3H3. The molecule has 0 aliphatic rings. The molecule has 0 bridgehead atoms. The number of hydrogen-bond acceptors (Lipinski definition) is 4. The number of nitrogens with two attached hydrogens (primary N) is 1. The van der Waals surface area contributed by atoms with E-state index in [2.05, 4.69) is 31.1 Å². The molecule has 4 heteroatoms.